The van der Waals surface area contributed by atoms with E-state index in [1.807, 2.05) is 0 Å². The average molecular weight is 600 g/mol. The summed E-state index contributed by atoms with van der Waals surface area (Å²) in [4.78, 5) is 24.7. The zero-order valence-corrected chi connectivity index (χ0v) is 23.6. The molecule has 0 unspecified atom stereocenters. The third-order valence-corrected chi connectivity index (χ3v) is 6.77. The van der Waals surface area contributed by atoms with E-state index in [9.17, 15) is 9.59 Å². The molecule has 0 atom stereocenters. The van der Waals surface area contributed by atoms with Gasteiger partial charge in [0.2, 0.25) is 11.0 Å². The van der Waals surface area contributed by atoms with Crippen molar-refractivity contribution in [1.82, 2.24) is 15.6 Å². The molecule has 2 N–H and O–H groups in total. The molecule has 1 heterocycles. The lowest BCUT2D eigenvalue weighted by Gasteiger charge is -2.12. The number of halogens is 2. The minimum absolute atomic E-state index is 0.0588. The number of anilines is 1. The van der Waals surface area contributed by atoms with Crippen molar-refractivity contribution >= 4 is 57.7 Å². The fourth-order valence-electron chi connectivity index (χ4n) is 3.32. The molecule has 0 fully saturated rings. The van der Waals surface area contributed by atoms with Crippen LogP contribution in [0.1, 0.15) is 26.5 Å². The zero-order chi connectivity index (χ0) is 28.5. The lowest BCUT2D eigenvalue weighted by atomic mass is 10.2. The second kappa shape index (κ2) is 13.7. The molecule has 0 saturated carbocycles. The van der Waals surface area contributed by atoms with E-state index in [0.717, 1.165) is 16.9 Å². The molecule has 4 aromatic rings. The van der Waals surface area contributed by atoms with Crippen molar-refractivity contribution in [3.63, 3.8) is 0 Å². The number of rotatable bonds is 11. The summed E-state index contributed by atoms with van der Waals surface area (Å²) in [5, 5.41) is 16.3. The van der Waals surface area contributed by atoms with Gasteiger partial charge >= 0.3 is 0 Å². The predicted molar refractivity (Wildman–Crippen MR) is 154 cm³/mol. The fraction of sp³-hybridized carbons (Fsp3) is 0.148. The standard InChI is InChI=1S/C27H23Cl2N5O5S/c1-37-20-8-5-17(6-9-20)26(36)31-27-34-33-25(40-27)13-24(35)32-30-14-16-3-10-22(23(11-16)38-2)39-15-18-4-7-19(28)12-21(18)29/h3-12,14H,13,15H2,1-2H3,(H,32,35)(H,31,34,36). The van der Waals surface area contributed by atoms with E-state index in [4.69, 9.17) is 37.4 Å². The Morgan fingerprint density at radius 3 is 2.50 bits per heavy atom. The van der Waals surface area contributed by atoms with Crippen LogP contribution in [0.25, 0.3) is 0 Å². The van der Waals surface area contributed by atoms with Crippen LogP contribution < -0.4 is 25.0 Å². The Morgan fingerprint density at radius 2 is 1.77 bits per heavy atom. The minimum atomic E-state index is -0.396. The monoisotopic (exact) mass is 599 g/mol. The van der Waals surface area contributed by atoms with Crippen molar-refractivity contribution in [2.45, 2.75) is 13.0 Å². The first-order chi connectivity index (χ1) is 19.3. The van der Waals surface area contributed by atoms with Crippen molar-refractivity contribution in [3.05, 3.63) is 92.4 Å². The number of carbonyl (C=O) groups excluding carboxylic acids is 2. The van der Waals surface area contributed by atoms with Gasteiger partial charge in [-0.2, -0.15) is 5.10 Å². The largest absolute Gasteiger partial charge is 0.497 e. The Bertz CT molecular complexity index is 1530. The van der Waals surface area contributed by atoms with E-state index < -0.39 is 5.91 Å². The van der Waals surface area contributed by atoms with Gasteiger partial charge in [0.05, 0.1) is 26.9 Å². The van der Waals surface area contributed by atoms with Crippen molar-refractivity contribution in [1.29, 1.82) is 0 Å². The van der Waals surface area contributed by atoms with Gasteiger partial charge in [-0.15, -0.1) is 10.2 Å². The maximum absolute atomic E-state index is 12.4. The van der Waals surface area contributed by atoms with Gasteiger partial charge < -0.3 is 14.2 Å². The average Bonchev–Trinajstić information content (AvgIpc) is 3.39. The topological polar surface area (TPSA) is 124 Å². The Balaban J connectivity index is 1.27. The number of amides is 2. The first-order valence-electron chi connectivity index (χ1n) is 11.7. The highest BCUT2D eigenvalue weighted by Crippen LogP contribution is 2.30. The van der Waals surface area contributed by atoms with E-state index in [-0.39, 0.29) is 24.1 Å². The van der Waals surface area contributed by atoms with Gasteiger partial charge in [0.25, 0.3) is 5.91 Å². The van der Waals surface area contributed by atoms with E-state index >= 15 is 0 Å². The van der Waals surface area contributed by atoms with Crippen LogP contribution in [0.3, 0.4) is 0 Å². The summed E-state index contributed by atoms with van der Waals surface area (Å²) in [6.45, 7) is 0.231. The molecule has 0 bridgehead atoms. The van der Waals surface area contributed by atoms with Crippen LogP contribution in [-0.2, 0) is 17.8 Å². The third-order valence-electron chi connectivity index (χ3n) is 5.34. The van der Waals surface area contributed by atoms with Crippen LogP contribution in [0.15, 0.2) is 65.8 Å². The first-order valence-corrected chi connectivity index (χ1v) is 13.3. The van der Waals surface area contributed by atoms with Gasteiger partial charge in [-0.05, 0) is 60.2 Å². The Labute approximate surface area is 243 Å². The van der Waals surface area contributed by atoms with Gasteiger partial charge in [0.15, 0.2) is 11.5 Å². The van der Waals surface area contributed by atoms with Gasteiger partial charge in [-0.1, -0.05) is 40.6 Å². The van der Waals surface area contributed by atoms with Crippen LogP contribution in [0.2, 0.25) is 10.0 Å². The summed E-state index contributed by atoms with van der Waals surface area (Å²) in [6.07, 6.45) is 1.41. The Morgan fingerprint density at radius 1 is 0.975 bits per heavy atom. The molecule has 0 spiro atoms. The number of hydrogen-bond donors (Lipinski definition) is 2. The summed E-state index contributed by atoms with van der Waals surface area (Å²) in [5.41, 5.74) is 4.34. The highest BCUT2D eigenvalue weighted by atomic mass is 35.5. The van der Waals surface area contributed by atoms with Gasteiger partial charge in [0.1, 0.15) is 17.4 Å². The van der Waals surface area contributed by atoms with E-state index in [0.29, 0.717) is 43.4 Å². The third kappa shape index (κ3) is 7.92. The lowest BCUT2D eigenvalue weighted by molar-refractivity contribution is -0.120. The summed E-state index contributed by atoms with van der Waals surface area (Å²) in [6, 6.07) is 17.0. The van der Waals surface area contributed by atoms with Crippen molar-refractivity contribution in [3.8, 4) is 17.2 Å². The molecule has 0 saturated heterocycles. The molecule has 3 aromatic carbocycles. The molecule has 206 valence electrons. The van der Waals surface area contributed by atoms with E-state index in [1.165, 1.54) is 13.3 Å². The summed E-state index contributed by atoms with van der Waals surface area (Å²) in [7, 11) is 3.07. The van der Waals surface area contributed by atoms with Crippen molar-refractivity contribution in [2.75, 3.05) is 19.5 Å². The molecule has 0 aliphatic carbocycles. The number of ether oxygens (including phenoxy) is 3. The summed E-state index contributed by atoms with van der Waals surface area (Å²) in [5.74, 6) is 0.899. The molecule has 0 aliphatic heterocycles. The summed E-state index contributed by atoms with van der Waals surface area (Å²) >= 11 is 13.2. The number of hydrazone groups is 1. The minimum Gasteiger partial charge on any atom is -0.497 e. The molecule has 0 aliphatic rings. The SMILES string of the molecule is COc1ccc(C(=O)Nc2nnc(CC(=O)NN=Cc3ccc(OCc4ccc(Cl)cc4Cl)c(OC)c3)s2)cc1. The maximum Gasteiger partial charge on any atom is 0.257 e. The van der Waals surface area contributed by atoms with E-state index in [2.05, 4.69) is 26.0 Å². The number of benzene rings is 3. The number of aromatic nitrogens is 2. The number of nitrogens with zero attached hydrogens (tertiary/aromatic N) is 3. The molecule has 40 heavy (non-hydrogen) atoms. The van der Waals surface area contributed by atoms with Crippen LogP contribution >= 0.6 is 34.5 Å². The van der Waals surface area contributed by atoms with Crippen LogP contribution in [0.5, 0.6) is 17.2 Å². The molecular formula is C27H23Cl2N5O5S. The van der Waals surface area contributed by atoms with Crippen LogP contribution in [0, 0.1) is 0 Å². The van der Waals surface area contributed by atoms with Crippen molar-refractivity contribution in [2.24, 2.45) is 5.10 Å². The second-order valence-electron chi connectivity index (χ2n) is 8.09. The van der Waals surface area contributed by atoms with Crippen LogP contribution in [0.4, 0.5) is 5.13 Å². The zero-order valence-electron chi connectivity index (χ0n) is 21.3. The van der Waals surface area contributed by atoms with E-state index in [1.54, 1.807) is 67.8 Å². The first kappa shape index (κ1) is 28.8. The van der Waals surface area contributed by atoms with Gasteiger partial charge in [-0.25, -0.2) is 5.43 Å². The Hall–Kier alpha value is -4.19. The number of hydrogen-bond acceptors (Lipinski definition) is 9. The molecule has 4 rings (SSSR count). The summed E-state index contributed by atoms with van der Waals surface area (Å²) < 4.78 is 16.4. The molecule has 13 heteroatoms. The molecule has 1 aromatic heterocycles. The normalized spacial score (nSPS) is 10.8. The van der Waals surface area contributed by atoms with Gasteiger partial charge in [0, 0.05) is 21.2 Å². The van der Waals surface area contributed by atoms with Crippen molar-refractivity contribution < 1.29 is 23.8 Å². The smallest absolute Gasteiger partial charge is 0.257 e. The van der Waals surface area contributed by atoms with Crippen LogP contribution in [-0.4, -0.2) is 42.4 Å². The maximum atomic E-state index is 12.4. The Kier molecular flexibility index (Phi) is 9.90. The quantitative estimate of drug-likeness (QED) is 0.175. The predicted octanol–water partition coefficient (Wildman–Crippen LogP) is 5.39. The number of methoxy groups -OCH3 is 2. The molecule has 0 radical (unpaired) electrons. The van der Waals surface area contributed by atoms with Gasteiger partial charge in [-0.3, -0.25) is 14.9 Å². The fourth-order valence-corrected chi connectivity index (χ4v) is 4.52. The second-order valence-corrected chi connectivity index (χ2v) is 9.99. The lowest BCUT2D eigenvalue weighted by Crippen LogP contribution is -2.19. The number of carbonyl (C=O) groups is 2. The number of nitrogens with one attached hydrogen (secondary N) is 2. The highest BCUT2D eigenvalue weighted by molar-refractivity contribution is 7.15. The molecule has 10 nitrogen and oxygen atoms in total. The molecule has 2 amide bonds. The molecular weight excluding hydrogens is 577 g/mol. The highest BCUT2D eigenvalue weighted by Gasteiger charge is 2.13.